The number of benzene rings is 2. The zero-order valence-corrected chi connectivity index (χ0v) is 24.5. The monoisotopic (exact) mass is 564 g/mol. The van der Waals surface area contributed by atoms with Crippen molar-refractivity contribution in [3.8, 4) is 0 Å². The molecule has 3 fully saturated rings. The second-order valence-corrected chi connectivity index (χ2v) is 13.4. The third kappa shape index (κ3) is 7.55. The van der Waals surface area contributed by atoms with Crippen molar-refractivity contribution in [2.75, 3.05) is 18.4 Å². The highest BCUT2D eigenvalue weighted by Gasteiger charge is 2.50. The van der Waals surface area contributed by atoms with Crippen molar-refractivity contribution in [2.45, 2.75) is 96.9 Å². The van der Waals surface area contributed by atoms with Crippen molar-refractivity contribution in [1.29, 1.82) is 0 Å². The number of carboxylic acids is 1. The van der Waals surface area contributed by atoms with Crippen LogP contribution in [0.5, 0.6) is 0 Å². The molecule has 2 aromatic carbocycles. The minimum Gasteiger partial charge on any atom is -0.481 e. The SMILES string of the molecule is CC1(C)CC2CC(C)(CN2C[C@H]2C[C@@H](c3ccc(CO)cc3)O[C@@H](c3cccc(NC(=O)CCCC(=O)O)c3)O2)C1. The molecule has 0 spiro atoms. The van der Waals surface area contributed by atoms with Crippen LogP contribution in [0, 0.1) is 10.8 Å². The minimum atomic E-state index is -0.906. The van der Waals surface area contributed by atoms with E-state index in [-0.39, 0.29) is 37.6 Å². The number of hydrogen-bond donors (Lipinski definition) is 3. The Morgan fingerprint density at radius 1 is 1.02 bits per heavy atom. The highest BCUT2D eigenvalue weighted by Crippen LogP contribution is 2.53. The van der Waals surface area contributed by atoms with Crippen molar-refractivity contribution in [1.82, 2.24) is 4.90 Å². The van der Waals surface area contributed by atoms with E-state index < -0.39 is 12.3 Å². The lowest BCUT2D eigenvalue weighted by Crippen LogP contribution is -2.42. The molecular formula is C33H44N2O6. The van der Waals surface area contributed by atoms with Gasteiger partial charge in [0, 0.05) is 49.6 Å². The number of anilines is 1. The van der Waals surface area contributed by atoms with Gasteiger partial charge in [-0.3, -0.25) is 14.5 Å². The summed E-state index contributed by atoms with van der Waals surface area (Å²) in [5.74, 6) is -1.12. The van der Waals surface area contributed by atoms with Gasteiger partial charge in [-0.15, -0.1) is 0 Å². The number of amides is 1. The molecule has 0 radical (unpaired) electrons. The summed E-state index contributed by atoms with van der Waals surface area (Å²) in [6, 6.07) is 16.0. The number of hydrogen-bond acceptors (Lipinski definition) is 6. The van der Waals surface area contributed by atoms with Crippen molar-refractivity contribution < 1.29 is 29.3 Å². The van der Waals surface area contributed by atoms with Gasteiger partial charge in [0.15, 0.2) is 6.29 Å². The molecule has 2 heterocycles. The molecule has 2 unspecified atom stereocenters. The molecule has 5 rings (SSSR count). The van der Waals surface area contributed by atoms with Gasteiger partial charge in [-0.1, -0.05) is 57.2 Å². The average molecular weight is 565 g/mol. The van der Waals surface area contributed by atoms with Crippen molar-refractivity contribution in [2.24, 2.45) is 10.8 Å². The summed E-state index contributed by atoms with van der Waals surface area (Å²) < 4.78 is 13.2. The van der Waals surface area contributed by atoms with Crippen LogP contribution in [0.15, 0.2) is 48.5 Å². The second-order valence-electron chi connectivity index (χ2n) is 13.4. The summed E-state index contributed by atoms with van der Waals surface area (Å²) in [6.07, 6.45) is 4.03. The molecule has 8 heteroatoms. The van der Waals surface area contributed by atoms with Crippen LogP contribution in [0.4, 0.5) is 5.69 Å². The lowest BCUT2D eigenvalue weighted by atomic mass is 9.65. The molecule has 2 saturated heterocycles. The van der Waals surface area contributed by atoms with Crippen LogP contribution in [0.1, 0.15) is 94.8 Å². The summed E-state index contributed by atoms with van der Waals surface area (Å²) in [5, 5.41) is 21.2. The van der Waals surface area contributed by atoms with E-state index in [9.17, 15) is 14.7 Å². The van der Waals surface area contributed by atoms with Gasteiger partial charge >= 0.3 is 5.97 Å². The number of fused-ring (bicyclic) bond motifs is 2. The fraction of sp³-hybridized carbons (Fsp3) is 0.576. The first-order valence-electron chi connectivity index (χ1n) is 14.9. The fourth-order valence-corrected chi connectivity index (χ4v) is 7.47. The van der Waals surface area contributed by atoms with Crippen LogP contribution < -0.4 is 5.32 Å². The maximum atomic E-state index is 12.4. The smallest absolute Gasteiger partial charge is 0.303 e. The predicted octanol–water partition coefficient (Wildman–Crippen LogP) is 5.82. The molecule has 1 saturated carbocycles. The average Bonchev–Trinajstić information content (AvgIpc) is 3.15. The molecule has 41 heavy (non-hydrogen) atoms. The molecule has 8 nitrogen and oxygen atoms in total. The zero-order chi connectivity index (χ0) is 29.2. The van der Waals surface area contributed by atoms with Crippen LogP contribution in [0.3, 0.4) is 0 Å². The molecule has 0 aromatic heterocycles. The number of nitrogens with zero attached hydrogens (tertiary/aromatic N) is 1. The summed E-state index contributed by atoms with van der Waals surface area (Å²) in [6.45, 7) is 9.16. The van der Waals surface area contributed by atoms with Gasteiger partial charge in [-0.2, -0.15) is 0 Å². The quantitative estimate of drug-likeness (QED) is 0.334. The number of aliphatic carboxylic acids is 1. The van der Waals surface area contributed by atoms with Gasteiger partial charge < -0.3 is 25.0 Å². The lowest BCUT2D eigenvalue weighted by molar-refractivity contribution is -0.253. The molecule has 5 atom stereocenters. The van der Waals surface area contributed by atoms with Crippen molar-refractivity contribution in [3.05, 3.63) is 65.2 Å². The Labute approximate surface area is 243 Å². The second kappa shape index (κ2) is 12.2. The first-order valence-corrected chi connectivity index (χ1v) is 14.9. The topological polar surface area (TPSA) is 108 Å². The maximum absolute atomic E-state index is 12.4. The van der Waals surface area contributed by atoms with Crippen LogP contribution in [0.2, 0.25) is 0 Å². The number of aliphatic hydroxyl groups excluding tert-OH is 1. The third-order valence-corrected chi connectivity index (χ3v) is 8.81. The Hall–Kier alpha value is -2.78. The summed E-state index contributed by atoms with van der Waals surface area (Å²) in [5.41, 5.74) is 4.06. The third-order valence-electron chi connectivity index (χ3n) is 8.81. The summed E-state index contributed by atoms with van der Waals surface area (Å²) >= 11 is 0. The van der Waals surface area contributed by atoms with Crippen LogP contribution in [0.25, 0.3) is 0 Å². The van der Waals surface area contributed by atoms with E-state index in [0.29, 0.717) is 29.0 Å². The lowest BCUT2D eigenvalue weighted by Gasteiger charge is -2.41. The predicted molar refractivity (Wildman–Crippen MR) is 156 cm³/mol. The molecular weight excluding hydrogens is 520 g/mol. The number of nitrogens with one attached hydrogen (secondary N) is 1. The van der Waals surface area contributed by atoms with E-state index in [0.717, 1.165) is 36.2 Å². The highest BCUT2D eigenvalue weighted by molar-refractivity contribution is 5.90. The van der Waals surface area contributed by atoms with E-state index in [1.807, 2.05) is 48.5 Å². The van der Waals surface area contributed by atoms with Crippen molar-refractivity contribution in [3.63, 3.8) is 0 Å². The van der Waals surface area contributed by atoms with Crippen molar-refractivity contribution >= 4 is 17.6 Å². The number of carbonyl (C=O) groups excluding carboxylic acids is 1. The number of likely N-dealkylation sites (tertiary alicyclic amines) is 1. The summed E-state index contributed by atoms with van der Waals surface area (Å²) in [4.78, 5) is 25.8. The largest absolute Gasteiger partial charge is 0.481 e. The summed E-state index contributed by atoms with van der Waals surface area (Å²) in [7, 11) is 0. The molecule has 3 N–H and O–H groups in total. The highest BCUT2D eigenvalue weighted by atomic mass is 16.7. The number of aliphatic hydroxyl groups is 1. The van der Waals surface area contributed by atoms with Gasteiger partial charge in [-0.05, 0) is 59.8 Å². The van der Waals surface area contributed by atoms with Crippen LogP contribution in [-0.4, -0.2) is 52.2 Å². The number of carboxylic acid groups (broad SMARTS) is 1. The van der Waals surface area contributed by atoms with E-state index in [1.165, 1.54) is 19.3 Å². The van der Waals surface area contributed by atoms with Gasteiger partial charge in [0.05, 0.1) is 18.8 Å². The number of rotatable bonds is 10. The Kier molecular flexibility index (Phi) is 8.85. The first-order chi connectivity index (χ1) is 19.5. The molecule has 1 aliphatic carbocycles. The van der Waals surface area contributed by atoms with E-state index in [4.69, 9.17) is 14.6 Å². The van der Waals surface area contributed by atoms with E-state index in [1.54, 1.807) is 0 Å². The Morgan fingerprint density at radius 3 is 2.54 bits per heavy atom. The standard InChI is InChI=1S/C33H44N2O6/c1-32(2)16-26-17-33(3,20-32)21-35(26)18-27-15-28(23-12-10-22(19-36)11-13-23)41-31(40-27)24-6-4-7-25(14-24)34-29(37)8-5-9-30(38)39/h4,6-7,10-14,26-28,31,36H,5,8-9,15-21H2,1-3H3,(H,34,37)(H,38,39)/t26?,27-,28+,31+,33?/m1/s1. The van der Waals surface area contributed by atoms with Crippen LogP contribution in [-0.2, 0) is 25.7 Å². The Morgan fingerprint density at radius 2 is 1.80 bits per heavy atom. The molecule has 2 aromatic rings. The Bertz CT molecular complexity index is 1230. The molecule has 2 bridgehead atoms. The molecule has 2 aliphatic heterocycles. The van der Waals surface area contributed by atoms with E-state index >= 15 is 0 Å². The minimum absolute atomic E-state index is 0.000446. The zero-order valence-electron chi connectivity index (χ0n) is 24.5. The molecule has 222 valence electrons. The van der Waals surface area contributed by atoms with Crippen LogP contribution >= 0.6 is 0 Å². The Balaban J connectivity index is 1.33. The number of carbonyl (C=O) groups is 2. The van der Waals surface area contributed by atoms with E-state index in [2.05, 4.69) is 31.0 Å². The fourth-order valence-electron chi connectivity index (χ4n) is 7.47. The molecule has 3 aliphatic rings. The number of ether oxygens (including phenoxy) is 2. The normalized spacial score (nSPS) is 29.3. The molecule has 1 amide bonds. The van der Waals surface area contributed by atoms with Gasteiger partial charge in [0.25, 0.3) is 0 Å². The van der Waals surface area contributed by atoms with Gasteiger partial charge in [-0.25, -0.2) is 0 Å². The van der Waals surface area contributed by atoms with Gasteiger partial charge in [0.2, 0.25) is 5.91 Å². The first kappa shape index (κ1) is 29.7. The maximum Gasteiger partial charge on any atom is 0.303 e. The van der Waals surface area contributed by atoms with Gasteiger partial charge in [0.1, 0.15) is 0 Å².